The van der Waals surface area contributed by atoms with Crippen molar-refractivity contribution < 1.29 is 0 Å². The van der Waals surface area contributed by atoms with Crippen molar-refractivity contribution in [3.8, 4) is 0 Å². The van der Waals surface area contributed by atoms with Crippen molar-refractivity contribution in [2.24, 2.45) is 17.3 Å². The fourth-order valence-corrected chi connectivity index (χ4v) is 3.51. The molecule has 2 unspecified atom stereocenters. The average Bonchev–Trinajstić information content (AvgIpc) is 2.79. The van der Waals surface area contributed by atoms with Crippen LogP contribution < -0.4 is 5.32 Å². The van der Waals surface area contributed by atoms with Crippen LogP contribution in [0.3, 0.4) is 0 Å². The molecular weight excluding hydrogens is 198 g/mol. The summed E-state index contributed by atoms with van der Waals surface area (Å²) in [6, 6.07) is 0.710. The van der Waals surface area contributed by atoms with Gasteiger partial charge in [-0.25, -0.2) is 4.98 Å². The van der Waals surface area contributed by atoms with Crippen LogP contribution in [0.1, 0.15) is 38.9 Å². The van der Waals surface area contributed by atoms with E-state index in [1.165, 1.54) is 19.3 Å². The van der Waals surface area contributed by atoms with Crippen LogP contribution in [0.15, 0.2) is 12.4 Å². The summed E-state index contributed by atoms with van der Waals surface area (Å²) >= 11 is 0. The Bertz CT molecular complexity index is 341. The molecule has 1 aromatic rings. The van der Waals surface area contributed by atoms with Crippen LogP contribution in [-0.2, 0) is 6.54 Å². The first kappa shape index (κ1) is 10.3. The lowest BCUT2D eigenvalue weighted by Crippen LogP contribution is -2.55. The number of aromatic nitrogens is 2. The largest absolute Gasteiger partial charge is 0.348 e. The van der Waals surface area contributed by atoms with Crippen LogP contribution >= 0.6 is 0 Å². The number of aromatic amines is 1. The molecule has 88 valence electrons. The number of nitrogens with one attached hydrogen (secondary N) is 2. The molecule has 1 aromatic heterocycles. The van der Waals surface area contributed by atoms with Crippen LogP contribution in [0.5, 0.6) is 0 Å². The summed E-state index contributed by atoms with van der Waals surface area (Å²) in [6.07, 6.45) is 7.87. The number of H-pyrrole nitrogens is 1. The van der Waals surface area contributed by atoms with Crippen LogP contribution in [0.25, 0.3) is 0 Å². The normalized spacial score (nSPS) is 35.8. The third-order valence-electron chi connectivity index (χ3n) is 4.92. The van der Waals surface area contributed by atoms with Gasteiger partial charge in [-0.05, 0) is 36.5 Å². The Morgan fingerprint density at radius 2 is 2.12 bits per heavy atom. The number of hydrogen-bond acceptors (Lipinski definition) is 2. The van der Waals surface area contributed by atoms with E-state index >= 15 is 0 Å². The Balaban J connectivity index is 1.52. The molecule has 2 N–H and O–H groups in total. The lowest BCUT2D eigenvalue weighted by molar-refractivity contribution is -0.0788. The third-order valence-corrected chi connectivity index (χ3v) is 4.92. The maximum absolute atomic E-state index is 4.24. The predicted molar refractivity (Wildman–Crippen MR) is 63.8 cm³/mol. The second-order valence-corrected chi connectivity index (χ2v) is 6.04. The third kappa shape index (κ3) is 1.58. The van der Waals surface area contributed by atoms with Gasteiger partial charge >= 0.3 is 0 Å². The summed E-state index contributed by atoms with van der Waals surface area (Å²) in [5.41, 5.74) is 0.614. The van der Waals surface area contributed by atoms with E-state index in [0.717, 1.165) is 24.2 Å². The molecule has 0 saturated heterocycles. The van der Waals surface area contributed by atoms with E-state index < -0.39 is 0 Å². The van der Waals surface area contributed by atoms with E-state index in [9.17, 15) is 0 Å². The molecule has 3 nitrogen and oxygen atoms in total. The second kappa shape index (κ2) is 3.59. The zero-order valence-electron chi connectivity index (χ0n) is 10.2. The van der Waals surface area contributed by atoms with Gasteiger partial charge in [0.1, 0.15) is 5.82 Å². The van der Waals surface area contributed by atoms with Crippen LogP contribution in [0.4, 0.5) is 0 Å². The predicted octanol–water partition coefficient (Wildman–Crippen LogP) is 2.32. The Kier molecular flexibility index (Phi) is 2.32. The molecule has 0 aliphatic heterocycles. The summed E-state index contributed by atoms with van der Waals surface area (Å²) in [5, 5.41) is 3.63. The molecule has 0 spiro atoms. The summed E-state index contributed by atoms with van der Waals surface area (Å²) in [6.45, 7) is 5.76. The first-order valence-corrected chi connectivity index (χ1v) is 6.38. The number of rotatable bonds is 3. The lowest BCUT2D eigenvalue weighted by atomic mass is 9.48. The molecule has 3 fully saturated rings. The number of fused-ring (bicyclic) bond motifs is 2. The highest BCUT2D eigenvalue weighted by atomic mass is 15.0. The monoisotopic (exact) mass is 219 g/mol. The lowest BCUT2D eigenvalue weighted by Gasteiger charge is -2.59. The van der Waals surface area contributed by atoms with Crippen molar-refractivity contribution in [3.63, 3.8) is 0 Å². The van der Waals surface area contributed by atoms with E-state index in [1.807, 2.05) is 12.4 Å². The van der Waals surface area contributed by atoms with E-state index in [0.29, 0.717) is 11.5 Å². The number of imidazole rings is 1. The first-order valence-electron chi connectivity index (χ1n) is 6.38. The van der Waals surface area contributed by atoms with Gasteiger partial charge in [0, 0.05) is 18.4 Å². The van der Waals surface area contributed by atoms with Gasteiger partial charge in [0.05, 0.1) is 6.54 Å². The molecule has 0 radical (unpaired) electrons. The molecule has 16 heavy (non-hydrogen) atoms. The Morgan fingerprint density at radius 1 is 1.38 bits per heavy atom. The molecule has 2 bridgehead atoms. The molecule has 0 amide bonds. The van der Waals surface area contributed by atoms with Crippen molar-refractivity contribution in [2.75, 3.05) is 0 Å². The van der Waals surface area contributed by atoms with E-state index in [4.69, 9.17) is 0 Å². The van der Waals surface area contributed by atoms with E-state index in [2.05, 4.69) is 29.1 Å². The summed E-state index contributed by atoms with van der Waals surface area (Å²) in [4.78, 5) is 7.38. The van der Waals surface area contributed by atoms with Gasteiger partial charge in [-0.3, -0.25) is 0 Å². The summed E-state index contributed by atoms with van der Waals surface area (Å²) < 4.78 is 0. The Labute approximate surface area is 97.0 Å². The van der Waals surface area contributed by atoms with Crippen molar-refractivity contribution in [3.05, 3.63) is 18.2 Å². The maximum Gasteiger partial charge on any atom is 0.120 e. The van der Waals surface area contributed by atoms with Gasteiger partial charge in [-0.15, -0.1) is 0 Å². The quantitative estimate of drug-likeness (QED) is 0.819. The zero-order valence-corrected chi connectivity index (χ0v) is 10.2. The molecule has 2 atom stereocenters. The van der Waals surface area contributed by atoms with Gasteiger partial charge in [0.2, 0.25) is 0 Å². The summed E-state index contributed by atoms with van der Waals surface area (Å²) in [7, 11) is 0. The number of hydrogen-bond donors (Lipinski definition) is 2. The molecule has 3 saturated carbocycles. The fraction of sp³-hybridized carbons (Fsp3) is 0.769. The van der Waals surface area contributed by atoms with Gasteiger partial charge < -0.3 is 10.3 Å². The van der Waals surface area contributed by atoms with Gasteiger partial charge in [0.15, 0.2) is 0 Å². The minimum atomic E-state index is 0.614. The Morgan fingerprint density at radius 3 is 2.69 bits per heavy atom. The minimum Gasteiger partial charge on any atom is -0.348 e. The van der Waals surface area contributed by atoms with E-state index in [1.54, 1.807) is 0 Å². The van der Waals surface area contributed by atoms with Crippen molar-refractivity contribution in [2.45, 2.75) is 45.7 Å². The molecule has 1 heterocycles. The SMILES string of the molecule is CC1(C)C2CC(NCc3ncc[nH]3)CC1C2. The van der Waals surface area contributed by atoms with Gasteiger partial charge in [0.25, 0.3) is 0 Å². The number of nitrogens with zero attached hydrogens (tertiary/aromatic N) is 1. The highest BCUT2D eigenvalue weighted by Crippen LogP contribution is 2.58. The van der Waals surface area contributed by atoms with Crippen molar-refractivity contribution in [1.29, 1.82) is 0 Å². The average molecular weight is 219 g/mol. The van der Waals surface area contributed by atoms with Gasteiger partial charge in [-0.1, -0.05) is 13.8 Å². The minimum absolute atomic E-state index is 0.614. The molecule has 3 heteroatoms. The topological polar surface area (TPSA) is 40.7 Å². The van der Waals surface area contributed by atoms with E-state index in [-0.39, 0.29) is 0 Å². The highest BCUT2D eigenvalue weighted by Gasteiger charge is 2.52. The first-order chi connectivity index (χ1) is 7.66. The van der Waals surface area contributed by atoms with Crippen LogP contribution in [0.2, 0.25) is 0 Å². The van der Waals surface area contributed by atoms with Crippen LogP contribution in [0, 0.1) is 17.3 Å². The molecule has 3 aliphatic rings. The fourth-order valence-electron chi connectivity index (χ4n) is 3.51. The Hall–Kier alpha value is -0.830. The highest BCUT2D eigenvalue weighted by molar-refractivity contribution is 5.04. The van der Waals surface area contributed by atoms with Gasteiger partial charge in [-0.2, -0.15) is 0 Å². The standard InChI is InChI=1S/C13H21N3/c1-13(2)9-5-10(13)7-11(6-9)16-8-12-14-3-4-15-12/h3-4,9-11,16H,5-8H2,1-2H3,(H,14,15). The molecule has 4 rings (SSSR count). The second-order valence-electron chi connectivity index (χ2n) is 6.04. The van der Waals surface area contributed by atoms with Crippen molar-refractivity contribution in [1.82, 2.24) is 15.3 Å². The zero-order chi connectivity index (χ0) is 11.2. The smallest absolute Gasteiger partial charge is 0.120 e. The molecule has 0 aromatic carbocycles. The summed E-state index contributed by atoms with van der Waals surface area (Å²) in [5.74, 6) is 2.94. The van der Waals surface area contributed by atoms with Crippen LogP contribution in [-0.4, -0.2) is 16.0 Å². The molecule has 3 aliphatic carbocycles. The maximum atomic E-state index is 4.24. The molecular formula is C13H21N3. The van der Waals surface area contributed by atoms with Crippen molar-refractivity contribution >= 4 is 0 Å².